The molecule has 37 heteroatoms. The van der Waals surface area contributed by atoms with Crippen LogP contribution in [0.15, 0.2) is 84.9 Å². The van der Waals surface area contributed by atoms with Crippen molar-refractivity contribution in [1.82, 2.24) is 42.5 Å². The molecular weight excluding hydrogens is 1590 g/mol. The molecule has 0 aromatic heterocycles. The second kappa shape index (κ2) is 34.4. The lowest BCUT2D eigenvalue weighted by Gasteiger charge is -2.57. The summed E-state index contributed by atoms with van der Waals surface area (Å²) in [4.78, 5) is 124. The average Bonchev–Trinajstić information content (AvgIpc) is 1.11. The lowest BCUT2D eigenvalue weighted by Crippen LogP contribution is -2.64. The number of likely N-dealkylation sites (N-methyl/N-ethyl adjacent to an activating group) is 1. The molecule has 12 aliphatic rings. The van der Waals surface area contributed by atoms with Crippen LogP contribution in [0.5, 0.6) is 46.0 Å². The van der Waals surface area contributed by atoms with Crippen molar-refractivity contribution in [3.63, 3.8) is 0 Å². The minimum Gasteiger partial charge on any atom is -0.508 e. The van der Waals surface area contributed by atoms with Crippen molar-refractivity contribution >= 4 is 58.9 Å². The Kier molecular flexibility index (Phi) is 24.8. The number of carbonyl (C=O) groups is 8. The summed E-state index contributed by atoms with van der Waals surface area (Å²) in [5, 5.41) is 127. The van der Waals surface area contributed by atoms with Gasteiger partial charge in [0.2, 0.25) is 59.3 Å². The number of rotatable bonds is 16. The van der Waals surface area contributed by atoms with E-state index in [0.717, 1.165) is 49.6 Å². The van der Waals surface area contributed by atoms with E-state index in [-0.39, 0.29) is 92.8 Å². The van der Waals surface area contributed by atoms with E-state index in [1.807, 2.05) is 13.8 Å². The van der Waals surface area contributed by atoms with Crippen LogP contribution < -0.4 is 73.9 Å². The van der Waals surface area contributed by atoms with E-state index in [4.69, 9.17) is 66.7 Å². The number of benzene rings is 5. The zero-order chi connectivity index (χ0) is 86.2. The molecule has 36 nitrogen and oxygen atoms in total. The molecule has 648 valence electrons. The Morgan fingerprint density at radius 3 is 1.83 bits per heavy atom. The van der Waals surface area contributed by atoms with Crippen LogP contribution in [-0.2, 0) is 62.0 Å². The number of hydrogen-bond acceptors (Lipinski definition) is 28. The number of ether oxygens (including phenoxy) is 8. The molecule has 15 bridgehead atoms. The fourth-order valence-corrected chi connectivity index (χ4v) is 19.1. The van der Waals surface area contributed by atoms with E-state index < -0.39 is 239 Å². The minimum absolute atomic E-state index is 0.0346. The van der Waals surface area contributed by atoms with Crippen molar-refractivity contribution in [1.29, 1.82) is 0 Å². The molecule has 0 radical (unpaired) electrons. The molecule has 23 N–H and O–H groups in total. The molecule has 5 aromatic carbocycles. The van der Waals surface area contributed by atoms with Crippen molar-refractivity contribution < 1.29 is 122 Å². The van der Waals surface area contributed by atoms with Crippen LogP contribution in [0.3, 0.4) is 0 Å². The summed E-state index contributed by atoms with van der Waals surface area (Å²) in [6, 6.07) is 3.21. The Hall–Kier alpha value is -9.61. The van der Waals surface area contributed by atoms with Crippen molar-refractivity contribution in [2.24, 2.45) is 40.9 Å². The molecule has 3 saturated heterocycles. The number of aromatic hydroxyl groups is 3. The number of hydrogen-bond donors (Lipinski definition) is 20. The molecule has 120 heavy (non-hydrogen) atoms. The van der Waals surface area contributed by atoms with Gasteiger partial charge in [0.05, 0.1) is 48.5 Å². The molecule has 8 amide bonds. The maximum absolute atomic E-state index is 16.6. The first-order chi connectivity index (χ1) is 56.8. The monoisotopic (exact) mass is 1690 g/mol. The van der Waals surface area contributed by atoms with Gasteiger partial charge in [0, 0.05) is 46.7 Å². The van der Waals surface area contributed by atoms with Crippen LogP contribution in [0.25, 0.3) is 11.1 Å². The number of fused-ring (bicyclic) bond motifs is 15. The summed E-state index contributed by atoms with van der Waals surface area (Å²) < 4.78 is 52.5. The van der Waals surface area contributed by atoms with Gasteiger partial charge >= 0.3 is 0 Å². The Balaban J connectivity index is 0.992. The number of carbonyl (C=O) groups excluding carboxylic acids is 8. The van der Waals surface area contributed by atoms with Crippen molar-refractivity contribution in [3.8, 4) is 57.1 Å². The van der Waals surface area contributed by atoms with Gasteiger partial charge in [-0.15, -0.1) is 0 Å². The minimum atomic E-state index is -2.32. The number of primary amides is 1. The Morgan fingerprint density at radius 1 is 0.642 bits per heavy atom. The van der Waals surface area contributed by atoms with Crippen LogP contribution in [0.4, 0.5) is 0 Å². The predicted octanol–water partition coefficient (Wildman–Crippen LogP) is 1.69. The molecule has 17 rings (SSSR count). The lowest BCUT2D eigenvalue weighted by molar-refractivity contribution is -0.333. The maximum Gasteiger partial charge on any atom is 0.248 e. The van der Waals surface area contributed by atoms with E-state index in [2.05, 4.69) is 42.5 Å². The van der Waals surface area contributed by atoms with E-state index >= 15 is 28.8 Å². The number of nitrogens with one attached hydrogen (secondary N) is 8. The Labute approximate surface area is 694 Å². The Morgan fingerprint density at radius 2 is 1.23 bits per heavy atom. The highest BCUT2D eigenvalue weighted by Gasteiger charge is 2.55. The third kappa shape index (κ3) is 17.9. The number of phenols is 3. The number of phenolic OH excluding ortho intramolecular Hbond substituents is 3. The quantitative estimate of drug-likeness (QED) is 0.0668. The highest BCUT2D eigenvalue weighted by Crippen LogP contribution is 2.57. The summed E-state index contributed by atoms with van der Waals surface area (Å²) in [6.45, 7) is 8.83. The van der Waals surface area contributed by atoms with Crippen LogP contribution in [-0.4, -0.2) is 215 Å². The number of amides is 8. The van der Waals surface area contributed by atoms with Gasteiger partial charge in [-0.25, -0.2) is 0 Å². The number of halogens is 1. The van der Waals surface area contributed by atoms with E-state index in [1.165, 1.54) is 82.4 Å². The third-order valence-electron chi connectivity index (χ3n) is 24.5. The molecule has 4 saturated carbocycles. The highest BCUT2D eigenvalue weighted by molar-refractivity contribution is 6.32. The van der Waals surface area contributed by atoms with Gasteiger partial charge in [-0.1, -0.05) is 49.7 Å². The van der Waals surface area contributed by atoms with Crippen LogP contribution in [0.2, 0.25) is 5.02 Å². The maximum atomic E-state index is 16.6. The van der Waals surface area contributed by atoms with Gasteiger partial charge in [0.25, 0.3) is 0 Å². The first-order valence-corrected chi connectivity index (χ1v) is 40.6. The van der Waals surface area contributed by atoms with E-state index in [9.17, 15) is 55.5 Å². The molecule has 0 unspecified atom stereocenters. The second-order valence-electron chi connectivity index (χ2n) is 34.5. The molecule has 0 spiro atoms. The van der Waals surface area contributed by atoms with Gasteiger partial charge in [0.1, 0.15) is 95.5 Å². The lowest BCUT2D eigenvalue weighted by atomic mass is 9.53. The van der Waals surface area contributed by atoms with E-state index in [1.54, 1.807) is 6.92 Å². The fourth-order valence-electron chi connectivity index (χ4n) is 18.8. The summed E-state index contributed by atoms with van der Waals surface area (Å²) in [5.74, 6) is -12.7. The molecule has 5 aromatic rings. The van der Waals surface area contributed by atoms with Crippen molar-refractivity contribution in [2.45, 2.75) is 245 Å². The SMILES string of the molecule is CN[C@H](CC(C)C)C(=O)N[C@H]1C(=O)N[C@@H](CC(N)=O)C(=O)N[C@H]2C(=O)N[C@H]3C(=O)N[C@H](C(=O)N[C@H](C(=O)NC45CC6CC(CC(C6)C4)C5)c4cc(O)cc(O)c4-c4cc3ccc4O)[C@H](O[C@H]3C[C@](C)(N)[C@@H](O)[C@H](C)O3)c3ccc(cc3)Oc3cc2cc(c3O[C@@H]2O[C@H](CO)[C@@H](O)[C@H](O)[C@H]2O[C@H]2C[C@](C)(N)[C@@H](O)[C@H](C)O2)Oc2ccc(cc2Cl)[C@H]1O. The van der Waals surface area contributed by atoms with Crippen molar-refractivity contribution in [2.75, 3.05) is 13.7 Å². The van der Waals surface area contributed by atoms with E-state index in [0.29, 0.717) is 19.3 Å². The molecule has 8 aliphatic heterocycles. The standard InChI is InChI=1S/C83H104ClN11O25/c1-33(2)16-48(88-7)73(106)93-63-65(101)41-11-15-52(47(84)21-41)116-54-23-42-22-53(69(54)120-80-70(67(103)66(102)55(32-96)117-80)119-58-31-82(6,87)72(105)35(4)114-58)115-44-12-8-39(9-13-44)68(118-57-30-81(5,86)71(104)34(3)113-57)64-78(111)92-62(79(112)95-83-27-36-17-37(28-83)19-38(18-36)29-83)46-24-43(97)25-51(99)59(46)45-20-40(10-14-50(45)98)60(75(108)94-64)91-76(109)61(42)90-74(107)49(26-56(85)100)89-77(63)110/h8-15,20-25,33-38,48-49,55,57-58,60-68,70-72,80,88,96-99,101-105H,16-19,26-32,86-87H2,1-7H3,(H2,85,100)(H,89,110)(H,90,107)(H,91,109)(H,92,111)(H,93,106)(H,94,108)(H,95,112)/t34-,35-,36?,37?,38?,48+,49-,55+,57-,58-,60+,61+,62-,63+,64-,65+,66+,67-,68+,70+,71-,72-,80-,81-,82-,83?/m0/s1. The molecule has 7 fully saturated rings. The first-order valence-electron chi connectivity index (χ1n) is 40.2. The zero-order valence-corrected chi connectivity index (χ0v) is 67.6. The fraction of sp³-hybridized carbons (Fsp3) is 0.542. The largest absolute Gasteiger partial charge is 0.508 e. The second-order valence-corrected chi connectivity index (χ2v) is 34.9. The highest BCUT2D eigenvalue weighted by atomic mass is 35.5. The molecular formula is C83H104ClN11O25. The van der Waals surface area contributed by atoms with Crippen LogP contribution in [0.1, 0.15) is 164 Å². The van der Waals surface area contributed by atoms with Gasteiger partial charge in [-0.3, -0.25) is 38.4 Å². The Bertz CT molecular complexity index is 4730. The van der Waals surface area contributed by atoms with Gasteiger partial charge < -0.3 is 144 Å². The number of aliphatic hydroxyl groups is 6. The predicted molar refractivity (Wildman–Crippen MR) is 422 cm³/mol. The van der Waals surface area contributed by atoms with Gasteiger partial charge in [-0.2, -0.15) is 0 Å². The summed E-state index contributed by atoms with van der Waals surface area (Å²) >= 11 is 7.20. The van der Waals surface area contributed by atoms with Crippen LogP contribution >= 0.6 is 11.6 Å². The van der Waals surface area contributed by atoms with Gasteiger partial charge in [0.15, 0.2) is 30.2 Å². The molecule has 22 atom stereocenters. The smallest absolute Gasteiger partial charge is 0.248 e. The third-order valence-corrected chi connectivity index (χ3v) is 24.8. The van der Waals surface area contributed by atoms with Crippen molar-refractivity contribution in [3.05, 3.63) is 118 Å². The number of aliphatic hydroxyl groups excluding tert-OH is 6. The zero-order valence-electron chi connectivity index (χ0n) is 66.9. The first kappa shape index (κ1) is 86.8. The molecule has 4 aliphatic carbocycles. The van der Waals surface area contributed by atoms with Gasteiger partial charge in [-0.05, 0) is 186 Å². The summed E-state index contributed by atoms with van der Waals surface area (Å²) in [5.41, 5.74) is 13.9. The average molecular weight is 1690 g/mol. The summed E-state index contributed by atoms with van der Waals surface area (Å²) in [6.07, 6.45) is -17.3. The molecule has 8 heterocycles. The number of nitrogens with two attached hydrogens (primary N) is 3. The normalized spacial score (nSPS) is 35.1. The van der Waals surface area contributed by atoms with Crippen LogP contribution in [0, 0.1) is 23.7 Å². The topological polar surface area (TPSA) is 567 Å². The summed E-state index contributed by atoms with van der Waals surface area (Å²) in [7, 11) is 1.49.